The molecule has 0 saturated carbocycles. The van der Waals surface area contributed by atoms with Crippen LogP contribution in [-0.4, -0.2) is 41.9 Å². The zero-order chi connectivity index (χ0) is 17.8. The molecule has 0 unspecified atom stereocenters. The Labute approximate surface area is 146 Å². The fourth-order valence-corrected chi connectivity index (χ4v) is 3.19. The van der Waals surface area contributed by atoms with Crippen LogP contribution >= 0.6 is 0 Å². The van der Waals surface area contributed by atoms with Crippen molar-refractivity contribution in [1.82, 2.24) is 4.98 Å². The number of rotatable bonds is 5. The van der Waals surface area contributed by atoms with Gasteiger partial charge in [-0.2, -0.15) is 0 Å². The van der Waals surface area contributed by atoms with Gasteiger partial charge in [0.15, 0.2) is 5.78 Å². The molecule has 3 rings (SSSR count). The smallest absolute Gasteiger partial charge is 0.293 e. The lowest BCUT2D eigenvalue weighted by molar-refractivity contribution is -0.914. The summed E-state index contributed by atoms with van der Waals surface area (Å²) in [4.78, 5) is 30.0. The molecule has 2 heterocycles. The van der Waals surface area contributed by atoms with E-state index in [0.29, 0.717) is 11.3 Å². The Bertz CT molecular complexity index is 771. The Hall–Kier alpha value is -2.80. The minimum absolute atomic E-state index is 0.00489. The van der Waals surface area contributed by atoms with Gasteiger partial charge in [0.05, 0.1) is 31.1 Å². The average molecular weight is 341 g/mol. The first-order chi connectivity index (χ1) is 12.0. The van der Waals surface area contributed by atoms with Gasteiger partial charge in [0.25, 0.3) is 5.69 Å². The highest BCUT2D eigenvalue weighted by Gasteiger charge is 2.26. The number of ketones is 1. The van der Waals surface area contributed by atoms with Crippen molar-refractivity contribution in [1.29, 1.82) is 0 Å². The number of benzene rings is 1. The van der Waals surface area contributed by atoms with Crippen molar-refractivity contribution < 1.29 is 14.6 Å². The molecule has 1 N–H and O–H groups in total. The molecule has 1 saturated heterocycles. The quantitative estimate of drug-likeness (QED) is 0.500. The lowest BCUT2D eigenvalue weighted by atomic mass is 10.1. The molecule has 1 aliphatic rings. The number of nitrogens with one attached hydrogen (secondary N) is 1. The summed E-state index contributed by atoms with van der Waals surface area (Å²) < 4.78 is 0. The second kappa shape index (κ2) is 7.40. The largest absolute Gasteiger partial charge is 0.355 e. The standard InChI is InChI=1S/C18H20N4O3/c1-14(23)16-2-3-17(18(12-16)22(24)25)21-10-8-20(9-11-21)13-15-4-6-19-7-5-15/h2-7,12H,8-11,13H2,1H3/p+1. The molecule has 2 aromatic rings. The number of anilines is 1. The molecule has 0 bridgehead atoms. The number of carbonyl (C=O) groups is 1. The third kappa shape index (κ3) is 4.00. The number of aromatic nitrogens is 1. The Morgan fingerprint density at radius 1 is 1.24 bits per heavy atom. The summed E-state index contributed by atoms with van der Waals surface area (Å²) in [5.74, 6) is -0.165. The maximum absolute atomic E-state index is 11.5. The molecule has 0 aliphatic carbocycles. The Balaban J connectivity index is 1.70. The lowest BCUT2D eigenvalue weighted by Crippen LogP contribution is -3.13. The number of carbonyl (C=O) groups excluding carboxylic acids is 1. The third-order valence-electron chi connectivity index (χ3n) is 4.59. The van der Waals surface area contributed by atoms with Gasteiger partial charge in [-0.3, -0.25) is 19.9 Å². The number of hydrogen-bond acceptors (Lipinski definition) is 5. The zero-order valence-corrected chi connectivity index (χ0v) is 14.1. The first-order valence-corrected chi connectivity index (χ1v) is 8.31. The Morgan fingerprint density at radius 3 is 2.52 bits per heavy atom. The Kier molecular flexibility index (Phi) is 5.04. The van der Waals surface area contributed by atoms with E-state index in [-0.39, 0.29) is 11.5 Å². The van der Waals surface area contributed by atoms with Crippen molar-refractivity contribution in [2.45, 2.75) is 13.5 Å². The summed E-state index contributed by atoms with van der Waals surface area (Å²) >= 11 is 0. The van der Waals surface area contributed by atoms with E-state index in [1.807, 2.05) is 17.0 Å². The predicted octanol–water partition coefficient (Wildman–Crippen LogP) is 1.10. The zero-order valence-electron chi connectivity index (χ0n) is 14.1. The van der Waals surface area contributed by atoms with Crippen LogP contribution in [0.4, 0.5) is 11.4 Å². The number of pyridine rings is 1. The van der Waals surface area contributed by atoms with Crippen molar-refractivity contribution in [3.8, 4) is 0 Å². The molecule has 1 aromatic heterocycles. The second-order valence-electron chi connectivity index (χ2n) is 6.29. The maximum atomic E-state index is 11.5. The molecule has 0 atom stereocenters. The van der Waals surface area contributed by atoms with Crippen molar-refractivity contribution in [3.05, 3.63) is 64.0 Å². The summed E-state index contributed by atoms with van der Waals surface area (Å²) in [6.07, 6.45) is 3.59. The highest BCUT2D eigenvalue weighted by molar-refractivity contribution is 5.95. The fraction of sp³-hybridized carbons (Fsp3) is 0.333. The molecule has 130 valence electrons. The number of nitro groups is 1. The SMILES string of the molecule is CC(=O)c1ccc(N2CC[NH+](Cc3ccncc3)CC2)c([N+](=O)[O-])c1. The Morgan fingerprint density at radius 2 is 1.92 bits per heavy atom. The van der Waals surface area contributed by atoms with Crippen LogP contribution in [0, 0.1) is 10.1 Å². The van der Waals surface area contributed by atoms with Crippen LogP contribution in [-0.2, 0) is 6.54 Å². The van der Waals surface area contributed by atoms with E-state index < -0.39 is 4.92 Å². The first-order valence-electron chi connectivity index (χ1n) is 8.31. The molecule has 0 spiro atoms. The molecular formula is C18H21N4O3+. The number of nitrogens with zero attached hydrogens (tertiary/aromatic N) is 3. The van der Waals surface area contributed by atoms with E-state index in [1.165, 1.54) is 23.5 Å². The van der Waals surface area contributed by atoms with Crippen LogP contribution < -0.4 is 9.80 Å². The summed E-state index contributed by atoms with van der Waals surface area (Å²) in [5, 5.41) is 11.4. The number of quaternary nitrogens is 1. The van der Waals surface area contributed by atoms with E-state index >= 15 is 0 Å². The maximum Gasteiger partial charge on any atom is 0.293 e. The van der Waals surface area contributed by atoms with Crippen molar-refractivity contribution in [3.63, 3.8) is 0 Å². The van der Waals surface area contributed by atoms with E-state index in [1.54, 1.807) is 24.5 Å². The van der Waals surface area contributed by atoms with Gasteiger partial charge in [-0.15, -0.1) is 0 Å². The van der Waals surface area contributed by atoms with Crippen molar-refractivity contribution >= 4 is 17.2 Å². The van der Waals surface area contributed by atoms with E-state index in [9.17, 15) is 14.9 Å². The van der Waals surface area contributed by atoms with Crippen LogP contribution in [0.5, 0.6) is 0 Å². The van der Waals surface area contributed by atoms with E-state index in [2.05, 4.69) is 4.98 Å². The summed E-state index contributed by atoms with van der Waals surface area (Å²) in [6.45, 7) is 5.67. The van der Waals surface area contributed by atoms with Gasteiger partial charge in [-0.05, 0) is 31.2 Å². The molecule has 0 radical (unpaired) electrons. The molecule has 0 amide bonds. The van der Waals surface area contributed by atoms with E-state index in [0.717, 1.165) is 32.7 Å². The number of nitro benzene ring substituents is 1. The van der Waals surface area contributed by atoms with Gasteiger partial charge in [0.2, 0.25) is 0 Å². The summed E-state index contributed by atoms with van der Waals surface area (Å²) in [6, 6.07) is 8.78. The van der Waals surface area contributed by atoms with Crippen molar-refractivity contribution in [2.75, 3.05) is 31.1 Å². The molecular weight excluding hydrogens is 320 g/mol. The average Bonchev–Trinajstić information content (AvgIpc) is 2.62. The third-order valence-corrected chi connectivity index (χ3v) is 4.59. The summed E-state index contributed by atoms with van der Waals surface area (Å²) in [5.41, 5.74) is 2.22. The van der Waals surface area contributed by atoms with Crippen molar-refractivity contribution in [2.24, 2.45) is 0 Å². The van der Waals surface area contributed by atoms with Gasteiger partial charge in [-0.1, -0.05) is 0 Å². The minimum atomic E-state index is -0.405. The summed E-state index contributed by atoms with van der Waals surface area (Å²) in [7, 11) is 0. The van der Waals surface area contributed by atoms with Crippen LogP contribution in [0.1, 0.15) is 22.8 Å². The number of piperazine rings is 1. The minimum Gasteiger partial charge on any atom is -0.355 e. The normalized spacial score (nSPS) is 15.2. The van der Waals surface area contributed by atoms with Gasteiger partial charge in [-0.25, -0.2) is 0 Å². The molecule has 1 aliphatic heterocycles. The predicted molar refractivity (Wildman–Crippen MR) is 94.0 cm³/mol. The highest BCUT2D eigenvalue weighted by Crippen LogP contribution is 2.29. The van der Waals surface area contributed by atoms with Crippen LogP contribution in [0.25, 0.3) is 0 Å². The van der Waals surface area contributed by atoms with E-state index in [4.69, 9.17) is 0 Å². The van der Waals surface area contributed by atoms with Crippen LogP contribution in [0.2, 0.25) is 0 Å². The second-order valence-corrected chi connectivity index (χ2v) is 6.29. The molecule has 7 nitrogen and oxygen atoms in total. The number of hydrogen-bond donors (Lipinski definition) is 1. The van der Waals surface area contributed by atoms with Gasteiger partial charge in [0, 0.05) is 29.6 Å². The van der Waals surface area contributed by atoms with Crippen LogP contribution in [0.15, 0.2) is 42.7 Å². The fourth-order valence-electron chi connectivity index (χ4n) is 3.19. The molecule has 7 heteroatoms. The van der Waals surface area contributed by atoms with Gasteiger partial charge < -0.3 is 9.80 Å². The molecule has 1 fully saturated rings. The topological polar surface area (TPSA) is 80.8 Å². The highest BCUT2D eigenvalue weighted by atomic mass is 16.6. The van der Waals surface area contributed by atoms with Gasteiger partial charge >= 0.3 is 0 Å². The number of Topliss-reactive ketones (excluding diaryl/α,β-unsaturated/α-hetero) is 1. The van der Waals surface area contributed by atoms with Crippen LogP contribution in [0.3, 0.4) is 0 Å². The first kappa shape index (κ1) is 17.0. The molecule has 1 aromatic carbocycles. The molecule has 25 heavy (non-hydrogen) atoms. The van der Waals surface area contributed by atoms with Gasteiger partial charge in [0.1, 0.15) is 12.2 Å². The lowest BCUT2D eigenvalue weighted by Gasteiger charge is -2.33. The monoisotopic (exact) mass is 341 g/mol.